The first-order valence-electron chi connectivity index (χ1n) is 4.17. The highest BCUT2D eigenvalue weighted by atomic mass is 31.1. The maximum atomic E-state index is 11.6. The van der Waals surface area contributed by atoms with E-state index in [0.29, 0.717) is 0 Å². The Bertz CT molecular complexity index is 364. The van der Waals surface area contributed by atoms with Gasteiger partial charge >= 0.3 is 5.97 Å². The lowest BCUT2D eigenvalue weighted by Gasteiger charge is -2.18. The first-order valence-corrected chi connectivity index (χ1v) is 5.31. The van der Waals surface area contributed by atoms with Crippen LogP contribution in [0.4, 0.5) is 0 Å². The van der Waals surface area contributed by atoms with Crippen LogP contribution in [0.2, 0.25) is 0 Å². The van der Waals surface area contributed by atoms with Crippen LogP contribution < -0.4 is 5.73 Å². The number of carbonyl (C=O) groups is 2. The summed E-state index contributed by atoms with van der Waals surface area (Å²) >= 11 is 0. The highest BCUT2D eigenvalue weighted by molar-refractivity contribution is 7.26. The topological polar surface area (TPSA) is 101 Å². The summed E-state index contributed by atoms with van der Waals surface area (Å²) in [6.07, 6.45) is 4.24. The summed E-state index contributed by atoms with van der Waals surface area (Å²) in [7, 11) is -1.40. The van der Waals surface area contributed by atoms with Crippen LogP contribution >= 0.6 is 8.46 Å². The molecule has 1 amide bonds. The Balaban J connectivity index is 2.91. The van der Waals surface area contributed by atoms with Crippen LogP contribution in [0, 0.1) is 0 Å². The minimum atomic E-state index is -1.40. The van der Waals surface area contributed by atoms with Gasteiger partial charge in [0, 0.05) is 11.9 Å². The predicted molar refractivity (Wildman–Crippen MR) is 54.9 cm³/mol. The molecule has 0 radical (unpaired) electrons. The lowest BCUT2D eigenvalue weighted by atomic mass is 10.3. The molecule has 0 spiro atoms. The third-order valence-electron chi connectivity index (χ3n) is 1.90. The van der Waals surface area contributed by atoms with Gasteiger partial charge in [-0.05, 0) is 12.2 Å². The molecule has 1 aliphatic heterocycles. The molecule has 0 saturated heterocycles. The fraction of sp³-hybridized carbons (Fsp3) is 0.250. The van der Waals surface area contributed by atoms with Crippen molar-refractivity contribution in [2.45, 2.75) is 5.66 Å². The van der Waals surface area contributed by atoms with Crippen LogP contribution in [0.25, 0.3) is 0 Å². The molecule has 3 N–H and O–H groups in total. The molecule has 0 fully saturated rings. The number of allylic oxidation sites excluding steroid dienone is 2. The van der Waals surface area contributed by atoms with Crippen molar-refractivity contribution in [2.75, 3.05) is 6.54 Å². The van der Waals surface area contributed by atoms with Crippen LogP contribution in [0.15, 0.2) is 24.0 Å². The van der Waals surface area contributed by atoms with Crippen molar-refractivity contribution >= 4 is 20.3 Å². The van der Waals surface area contributed by atoms with Crippen molar-refractivity contribution in [3.8, 4) is 0 Å². The van der Waals surface area contributed by atoms with E-state index in [-0.39, 0.29) is 5.70 Å². The number of hydrogen-bond donors (Lipinski definition) is 2. The van der Waals surface area contributed by atoms with Gasteiger partial charge in [-0.25, -0.2) is 0 Å². The predicted octanol–water partition coefficient (Wildman–Crippen LogP) is -0.606. The van der Waals surface area contributed by atoms with Gasteiger partial charge in [-0.2, -0.15) is 0 Å². The summed E-state index contributed by atoms with van der Waals surface area (Å²) in [5.74, 6) is -1.67. The second kappa shape index (κ2) is 4.79. The van der Waals surface area contributed by atoms with Gasteiger partial charge < -0.3 is 20.3 Å². The van der Waals surface area contributed by atoms with E-state index in [0.717, 1.165) is 4.90 Å². The van der Waals surface area contributed by atoms with Gasteiger partial charge in [-0.15, -0.1) is 0 Å². The van der Waals surface area contributed by atoms with E-state index in [1.165, 1.54) is 18.4 Å². The normalized spacial score (nSPS) is 21.9. The monoisotopic (exact) mass is 230 g/mol. The molecule has 1 heterocycles. The van der Waals surface area contributed by atoms with Gasteiger partial charge in [0.15, 0.2) is 0 Å². The smallest absolute Gasteiger partial charge is 0.323 e. The number of carboxylic acid groups (broad SMARTS) is 1. The third-order valence-corrected chi connectivity index (χ3v) is 2.85. The SMILES string of the molecule is NC1=CC=CN(CC(=O)O)C(=O)C1[PH2]=O. The molecule has 0 bridgehead atoms. The van der Waals surface area contributed by atoms with E-state index in [2.05, 4.69) is 0 Å². The number of carbonyl (C=O) groups excluding carboxylic acids is 1. The Morgan fingerprint density at radius 1 is 1.67 bits per heavy atom. The van der Waals surface area contributed by atoms with Crippen molar-refractivity contribution in [1.82, 2.24) is 4.90 Å². The molecule has 7 heteroatoms. The Hall–Kier alpha value is -1.55. The van der Waals surface area contributed by atoms with Gasteiger partial charge in [0.05, 0.1) is 8.46 Å². The van der Waals surface area contributed by atoms with E-state index in [9.17, 15) is 14.2 Å². The lowest BCUT2D eigenvalue weighted by molar-refractivity contribution is -0.142. The van der Waals surface area contributed by atoms with Crippen molar-refractivity contribution < 1.29 is 19.3 Å². The highest BCUT2D eigenvalue weighted by Crippen LogP contribution is 2.18. The Kier molecular flexibility index (Phi) is 3.68. The van der Waals surface area contributed by atoms with E-state index < -0.39 is 32.5 Å². The fourth-order valence-corrected chi connectivity index (χ4v) is 1.75. The number of amides is 1. The van der Waals surface area contributed by atoms with Crippen LogP contribution in [-0.2, 0) is 14.2 Å². The fourth-order valence-electron chi connectivity index (χ4n) is 1.17. The van der Waals surface area contributed by atoms with E-state index >= 15 is 0 Å². The Morgan fingerprint density at radius 2 is 2.33 bits per heavy atom. The quantitative estimate of drug-likeness (QED) is 0.630. The molecule has 82 valence electrons. The van der Waals surface area contributed by atoms with E-state index in [1.54, 1.807) is 0 Å². The zero-order chi connectivity index (χ0) is 11.4. The van der Waals surface area contributed by atoms with E-state index in [4.69, 9.17) is 10.8 Å². The summed E-state index contributed by atoms with van der Waals surface area (Å²) in [4.78, 5) is 23.1. The molecule has 0 aromatic rings. The summed E-state index contributed by atoms with van der Waals surface area (Å²) in [5, 5.41) is 8.55. The van der Waals surface area contributed by atoms with Gasteiger partial charge in [0.2, 0.25) is 5.91 Å². The average Bonchev–Trinajstić information content (AvgIpc) is 2.27. The number of rotatable bonds is 3. The van der Waals surface area contributed by atoms with Gasteiger partial charge in [0.25, 0.3) is 0 Å². The second-order valence-corrected chi connectivity index (χ2v) is 3.92. The molecule has 0 saturated carbocycles. The standard InChI is InChI=1S/C8H11N2O4P/c9-5-2-1-3-10(4-6(11)12)8(13)7(5)15-14/h1-3,7H,4,9,15H2,(H,11,12). The number of hydrogen-bond acceptors (Lipinski definition) is 4. The molecule has 2 atom stereocenters. The zero-order valence-electron chi connectivity index (χ0n) is 7.79. The van der Waals surface area contributed by atoms with Crippen molar-refractivity contribution in [3.63, 3.8) is 0 Å². The van der Waals surface area contributed by atoms with Crippen LogP contribution in [0.1, 0.15) is 0 Å². The molecule has 0 aromatic heterocycles. The van der Waals surface area contributed by atoms with Crippen molar-refractivity contribution in [1.29, 1.82) is 0 Å². The van der Waals surface area contributed by atoms with E-state index in [1.807, 2.05) is 0 Å². The molecule has 15 heavy (non-hydrogen) atoms. The zero-order valence-corrected chi connectivity index (χ0v) is 8.95. The van der Waals surface area contributed by atoms with Gasteiger partial charge in [0.1, 0.15) is 12.2 Å². The molecule has 6 nitrogen and oxygen atoms in total. The lowest BCUT2D eigenvalue weighted by Crippen LogP contribution is -2.37. The molecule has 1 aliphatic rings. The Morgan fingerprint density at radius 3 is 2.87 bits per heavy atom. The molecule has 0 aliphatic carbocycles. The summed E-state index contributed by atoms with van der Waals surface area (Å²) in [6.45, 7) is -0.452. The van der Waals surface area contributed by atoms with Crippen molar-refractivity contribution in [2.24, 2.45) is 5.73 Å². The van der Waals surface area contributed by atoms with Crippen LogP contribution in [0.5, 0.6) is 0 Å². The number of aliphatic carboxylic acids is 1. The second-order valence-electron chi connectivity index (χ2n) is 2.98. The molecule has 0 aromatic carbocycles. The number of nitrogens with two attached hydrogens (primary N) is 1. The number of nitrogens with zero attached hydrogens (tertiary/aromatic N) is 1. The minimum absolute atomic E-state index is 0.203. The molecular formula is C8H11N2O4P. The first kappa shape index (κ1) is 11.5. The average molecular weight is 230 g/mol. The first-order chi connectivity index (χ1) is 7.06. The molecular weight excluding hydrogens is 219 g/mol. The number of carboxylic acids is 1. The Labute approximate surface area is 87.2 Å². The summed E-state index contributed by atoms with van der Waals surface area (Å²) < 4.78 is 10.8. The maximum Gasteiger partial charge on any atom is 0.323 e. The minimum Gasteiger partial charge on any atom is -0.480 e. The third kappa shape index (κ3) is 2.70. The summed E-state index contributed by atoms with van der Waals surface area (Å²) in [6, 6.07) is 0. The van der Waals surface area contributed by atoms with Crippen LogP contribution in [0.3, 0.4) is 0 Å². The van der Waals surface area contributed by atoms with Gasteiger partial charge in [-0.3, -0.25) is 9.59 Å². The molecule has 1 rings (SSSR count). The highest BCUT2D eigenvalue weighted by Gasteiger charge is 2.26. The maximum absolute atomic E-state index is 11.6. The van der Waals surface area contributed by atoms with Crippen molar-refractivity contribution in [3.05, 3.63) is 24.0 Å². The largest absolute Gasteiger partial charge is 0.480 e. The van der Waals surface area contributed by atoms with Crippen LogP contribution in [-0.4, -0.2) is 34.1 Å². The van der Waals surface area contributed by atoms with Gasteiger partial charge in [-0.1, -0.05) is 0 Å². The summed E-state index contributed by atoms with van der Waals surface area (Å²) in [5.41, 5.74) is 4.82. The molecule has 2 unspecified atom stereocenters.